The zero-order valence-electron chi connectivity index (χ0n) is 16.5. The molecule has 0 saturated carbocycles. The molecule has 2 aromatic rings. The maximum absolute atomic E-state index is 12.9. The van der Waals surface area contributed by atoms with Crippen molar-refractivity contribution in [2.45, 2.75) is 32.4 Å². The molecule has 2 N–H and O–H groups in total. The lowest BCUT2D eigenvalue weighted by Gasteiger charge is -2.23. The number of benzene rings is 2. The van der Waals surface area contributed by atoms with Crippen LogP contribution in [0.3, 0.4) is 0 Å². The van der Waals surface area contributed by atoms with E-state index in [9.17, 15) is 4.79 Å². The van der Waals surface area contributed by atoms with Crippen LogP contribution in [0.15, 0.2) is 48.5 Å². The number of nitrogens with zero attached hydrogens (tertiary/aromatic N) is 1. The molecule has 1 fully saturated rings. The van der Waals surface area contributed by atoms with Crippen molar-refractivity contribution in [1.29, 1.82) is 0 Å². The highest BCUT2D eigenvalue weighted by Crippen LogP contribution is 2.30. The summed E-state index contributed by atoms with van der Waals surface area (Å²) in [6.07, 6.45) is 0.969. The number of carbonyl (C=O) groups excluding carboxylic acids is 1. The van der Waals surface area contributed by atoms with Crippen molar-refractivity contribution in [1.82, 2.24) is 15.8 Å². The molecule has 5 nitrogen and oxygen atoms in total. The van der Waals surface area contributed by atoms with Crippen LogP contribution in [0.2, 0.25) is 0 Å². The Labute approximate surface area is 161 Å². The third-order valence-corrected chi connectivity index (χ3v) is 5.50. The first-order valence-corrected chi connectivity index (χ1v) is 9.51. The van der Waals surface area contributed by atoms with Crippen LogP contribution in [0.5, 0.6) is 5.75 Å². The normalized spacial score (nSPS) is 21.9. The number of carbonyl (C=O) groups is 1. The fraction of sp³-hybridized carbons (Fsp3) is 0.409. The molecule has 5 heteroatoms. The van der Waals surface area contributed by atoms with Crippen LogP contribution in [-0.2, 0) is 0 Å². The molecule has 2 atom stereocenters. The number of nitrogens with one attached hydrogen (secondary N) is 2. The summed E-state index contributed by atoms with van der Waals surface area (Å²) >= 11 is 0. The number of hydrogen-bond acceptors (Lipinski definition) is 4. The molecule has 1 aliphatic heterocycles. The van der Waals surface area contributed by atoms with Crippen LogP contribution in [0, 0.1) is 5.92 Å². The Kier molecular flexibility index (Phi) is 6.14. The summed E-state index contributed by atoms with van der Waals surface area (Å²) in [7, 11) is 3.54. The maximum atomic E-state index is 12.9. The van der Waals surface area contributed by atoms with E-state index in [2.05, 4.69) is 24.7 Å². The number of amides is 1. The summed E-state index contributed by atoms with van der Waals surface area (Å²) in [5, 5.41) is 0. The first-order chi connectivity index (χ1) is 13.0. The van der Waals surface area contributed by atoms with Gasteiger partial charge in [-0.25, -0.2) is 0 Å². The number of hydrogen-bond donors (Lipinski definition) is 2. The van der Waals surface area contributed by atoms with Gasteiger partial charge < -0.3 is 9.64 Å². The minimum Gasteiger partial charge on any atom is -0.496 e. The highest BCUT2D eigenvalue weighted by molar-refractivity contribution is 5.95. The molecule has 1 saturated heterocycles. The Morgan fingerprint density at radius 2 is 1.78 bits per heavy atom. The molecular formula is C22H29N3O2. The van der Waals surface area contributed by atoms with Gasteiger partial charge in [-0.1, -0.05) is 30.3 Å². The van der Waals surface area contributed by atoms with Gasteiger partial charge in [-0.2, -0.15) is 0 Å². The standard InChI is InChI=1S/C22H29N3O2/c1-15-19(16(2)24-23-15)12-13-25(3)22(26)18-9-7-8-17(14-18)20-10-5-6-11-21(20)27-4/h5-11,14-16,19,23-24H,12-13H2,1-4H3. The molecule has 1 amide bonds. The van der Waals surface area contributed by atoms with E-state index in [-0.39, 0.29) is 5.91 Å². The number of rotatable bonds is 6. The van der Waals surface area contributed by atoms with E-state index in [1.807, 2.05) is 60.5 Å². The van der Waals surface area contributed by atoms with Gasteiger partial charge in [0.1, 0.15) is 5.75 Å². The van der Waals surface area contributed by atoms with E-state index in [1.165, 1.54) is 0 Å². The lowest BCUT2D eigenvalue weighted by atomic mass is 9.93. The third kappa shape index (κ3) is 4.31. The summed E-state index contributed by atoms with van der Waals surface area (Å²) in [6, 6.07) is 16.4. The smallest absolute Gasteiger partial charge is 0.253 e. The minimum absolute atomic E-state index is 0.0472. The average molecular weight is 367 g/mol. The molecule has 3 rings (SSSR count). The highest BCUT2D eigenvalue weighted by atomic mass is 16.5. The predicted octanol–water partition coefficient (Wildman–Crippen LogP) is 3.33. The first-order valence-electron chi connectivity index (χ1n) is 9.51. The Morgan fingerprint density at radius 3 is 2.48 bits per heavy atom. The van der Waals surface area contributed by atoms with E-state index >= 15 is 0 Å². The van der Waals surface area contributed by atoms with Crippen molar-refractivity contribution in [2.24, 2.45) is 5.92 Å². The number of para-hydroxylation sites is 1. The van der Waals surface area contributed by atoms with Gasteiger partial charge in [0.05, 0.1) is 7.11 Å². The fourth-order valence-corrected chi connectivity index (χ4v) is 3.78. The summed E-state index contributed by atoms with van der Waals surface area (Å²) in [4.78, 5) is 14.7. The monoisotopic (exact) mass is 367 g/mol. The Hall–Kier alpha value is -2.37. The number of ether oxygens (including phenoxy) is 1. The molecular weight excluding hydrogens is 338 g/mol. The van der Waals surface area contributed by atoms with E-state index in [0.29, 0.717) is 23.6 Å². The average Bonchev–Trinajstić information content (AvgIpc) is 3.03. The van der Waals surface area contributed by atoms with Crippen LogP contribution in [0.4, 0.5) is 0 Å². The summed E-state index contributed by atoms with van der Waals surface area (Å²) in [6.45, 7) is 5.10. The molecule has 2 aromatic carbocycles. The molecule has 0 radical (unpaired) electrons. The van der Waals surface area contributed by atoms with E-state index < -0.39 is 0 Å². The highest BCUT2D eigenvalue weighted by Gasteiger charge is 2.29. The second-order valence-corrected chi connectivity index (χ2v) is 7.33. The van der Waals surface area contributed by atoms with Gasteiger partial charge in [-0.05, 0) is 49.9 Å². The largest absolute Gasteiger partial charge is 0.496 e. The lowest BCUT2D eigenvalue weighted by Crippen LogP contribution is -2.32. The summed E-state index contributed by atoms with van der Waals surface area (Å²) < 4.78 is 5.46. The molecule has 1 heterocycles. The van der Waals surface area contributed by atoms with Gasteiger partial charge in [0, 0.05) is 36.8 Å². The molecule has 1 aliphatic rings. The summed E-state index contributed by atoms with van der Waals surface area (Å²) in [5.74, 6) is 1.37. The minimum atomic E-state index is 0.0472. The molecule has 0 aromatic heterocycles. The van der Waals surface area contributed by atoms with Crippen molar-refractivity contribution in [3.05, 3.63) is 54.1 Å². The van der Waals surface area contributed by atoms with Crippen molar-refractivity contribution >= 4 is 5.91 Å². The van der Waals surface area contributed by atoms with Crippen LogP contribution in [0.25, 0.3) is 11.1 Å². The van der Waals surface area contributed by atoms with Crippen molar-refractivity contribution in [3.63, 3.8) is 0 Å². The Morgan fingerprint density at radius 1 is 1.07 bits per heavy atom. The SMILES string of the molecule is COc1ccccc1-c1cccc(C(=O)N(C)CCC2C(C)NNC2C)c1. The van der Waals surface area contributed by atoms with Crippen molar-refractivity contribution in [3.8, 4) is 16.9 Å². The van der Waals surface area contributed by atoms with Crippen molar-refractivity contribution < 1.29 is 9.53 Å². The lowest BCUT2D eigenvalue weighted by molar-refractivity contribution is 0.0785. The summed E-state index contributed by atoms with van der Waals surface area (Å²) in [5.41, 5.74) is 9.22. The van der Waals surface area contributed by atoms with Crippen LogP contribution in [-0.4, -0.2) is 43.6 Å². The fourth-order valence-electron chi connectivity index (χ4n) is 3.78. The zero-order valence-corrected chi connectivity index (χ0v) is 16.5. The topological polar surface area (TPSA) is 53.6 Å². The van der Waals surface area contributed by atoms with Crippen LogP contribution < -0.4 is 15.6 Å². The second-order valence-electron chi connectivity index (χ2n) is 7.33. The molecule has 27 heavy (non-hydrogen) atoms. The first kappa shape index (κ1) is 19.4. The molecule has 0 spiro atoms. The third-order valence-electron chi connectivity index (χ3n) is 5.50. The zero-order chi connectivity index (χ0) is 19.4. The van der Waals surface area contributed by atoms with Crippen molar-refractivity contribution in [2.75, 3.05) is 20.7 Å². The Bertz CT molecular complexity index is 783. The predicted molar refractivity (Wildman–Crippen MR) is 109 cm³/mol. The molecule has 144 valence electrons. The van der Waals surface area contributed by atoms with Gasteiger partial charge in [-0.3, -0.25) is 15.6 Å². The van der Waals surface area contributed by atoms with Gasteiger partial charge in [0.15, 0.2) is 0 Å². The molecule has 2 unspecified atom stereocenters. The van der Waals surface area contributed by atoms with Gasteiger partial charge in [0.25, 0.3) is 5.91 Å². The molecule has 0 bridgehead atoms. The van der Waals surface area contributed by atoms with Gasteiger partial charge in [-0.15, -0.1) is 0 Å². The van der Waals surface area contributed by atoms with E-state index in [1.54, 1.807) is 7.11 Å². The van der Waals surface area contributed by atoms with E-state index in [4.69, 9.17) is 4.74 Å². The van der Waals surface area contributed by atoms with Gasteiger partial charge >= 0.3 is 0 Å². The second kappa shape index (κ2) is 8.55. The quantitative estimate of drug-likeness (QED) is 0.822. The van der Waals surface area contributed by atoms with Gasteiger partial charge in [0.2, 0.25) is 0 Å². The number of methoxy groups -OCH3 is 1. The van der Waals surface area contributed by atoms with Crippen LogP contribution >= 0.6 is 0 Å². The number of hydrazine groups is 1. The molecule has 0 aliphatic carbocycles. The van der Waals surface area contributed by atoms with Crippen LogP contribution in [0.1, 0.15) is 30.6 Å². The van der Waals surface area contributed by atoms with E-state index in [0.717, 1.165) is 29.8 Å². The Balaban J connectivity index is 1.71. The maximum Gasteiger partial charge on any atom is 0.253 e.